The van der Waals surface area contributed by atoms with E-state index in [0.29, 0.717) is 5.92 Å². The molecule has 0 bridgehead atoms. The van der Waals surface area contributed by atoms with E-state index in [9.17, 15) is 0 Å². The van der Waals surface area contributed by atoms with E-state index in [0.717, 1.165) is 5.92 Å². The van der Waals surface area contributed by atoms with Crippen LogP contribution < -0.4 is 0 Å². The molecule has 0 N–H and O–H groups in total. The van der Waals surface area contributed by atoms with Gasteiger partial charge in [0.15, 0.2) is 0 Å². The van der Waals surface area contributed by atoms with Gasteiger partial charge in [-0.2, -0.15) is 10.2 Å². The van der Waals surface area contributed by atoms with E-state index in [4.69, 9.17) is 0 Å². The van der Waals surface area contributed by atoms with Crippen molar-refractivity contribution in [1.82, 2.24) is 10.2 Å². The van der Waals surface area contributed by atoms with Crippen molar-refractivity contribution in [3.8, 4) is 0 Å². The minimum absolute atomic E-state index is 0.672. The highest BCUT2D eigenvalue weighted by atomic mass is 15.1. The Morgan fingerprint density at radius 2 is 2.00 bits per heavy atom. The van der Waals surface area contributed by atoms with E-state index >= 15 is 0 Å². The Morgan fingerprint density at radius 1 is 1.18 bits per heavy atom. The zero-order valence-electron chi connectivity index (χ0n) is 10.9. The molecule has 1 saturated carbocycles. The second kappa shape index (κ2) is 6.73. The molecular weight excluding hydrogens is 208 g/mol. The van der Waals surface area contributed by atoms with E-state index < -0.39 is 0 Å². The number of hydrogen-bond acceptors (Lipinski definition) is 2. The summed E-state index contributed by atoms with van der Waals surface area (Å²) in [5.41, 5.74) is 1.21. The Kier molecular flexibility index (Phi) is 4.96. The largest absolute Gasteiger partial charge is 0.159 e. The third-order valence-electron chi connectivity index (χ3n) is 4.07. The molecule has 2 rings (SSSR count). The van der Waals surface area contributed by atoms with Crippen LogP contribution in [-0.2, 0) is 0 Å². The molecule has 0 atom stereocenters. The van der Waals surface area contributed by atoms with Crippen molar-refractivity contribution in [1.29, 1.82) is 0 Å². The van der Waals surface area contributed by atoms with Crippen molar-refractivity contribution in [2.24, 2.45) is 5.92 Å². The quantitative estimate of drug-likeness (QED) is 0.706. The van der Waals surface area contributed by atoms with Crippen LogP contribution in [0.5, 0.6) is 0 Å². The van der Waals surface area contributed by atoms with E-state index in [2.05, 4.69) is 23.2 Å². The van der Waals surface area contributed by atoms with Crippen LogP contribution >= 0.6 is 0 Å². The number of hydrogen-bond donors (Lipinski definition) is 0. The Labute approximate surface area is 105 Å². The van der Waals surface area contributed by atoms with Crippen LogP contribution in [0, 0.1) is 5.92 Å². The maximum absolute atomic E-state index is 4.25. The van der Waals surface area contributed by atoms with Crippen LogP contribution in [0.15, 0.2) is 18.3 Å². The SMILES string of the molecule is CCCCCC1CCC(c2cccnn2)CC1. The number of aromatic nitrogens is 2. The van der Waals surface area contributed by atoms with Gasteiger partial charge >= 0.3 is 0 Å². The predicted octanol–water partition coefficient (Wildman–Crippen LogP) is 4.33. The third-order valence-corrected chi connectivity index (χ3v) is 4.07. The average molecular weight is 232 g/mol. The molecule has 2 heteroatoms. The summed E-state index contributed by atoms with van der Waals surface area (Å²) in [5.74, 6) is 1.65. The fourth-order valence-corrected chi connectivity index (χ4v) is 2.96. The van der Waals surface area contributed by atoms with Crippen molar-refractivity contribution in [3.05, 3.63) is 24.0 Å². The molecule has 0 radical (unpaired) electrons. The second-order valence-electron chi connectivity index (χ2n) is 5.36. The molecule has 0 unspecified atom stereocenters. The first-order chi connectivity index (χ1) is 8.40. The van der Waals surface area contributed by atoms with Crippen LogP contribution in [0.3, 0.4) is 0 Å². The van der Waals surface area contributed by atoms with Crippen molar-refractivity contribution in [3.63, 3.8) is 0 Å². The molecule has 0 aromatic carbocycles. The first kappa shape index (κ1) is 12.5. The van der Waals surface area contributed by atoms with Gasteiger partial charge in [-0.05, 0) is 43.7 Å². The van der Waals surface area contributed by atoms with Gasteiger partial charge in [-0.1, -0.05) is 32.6 Å². The third kappa shape index (κ3) is 3.79. The molecule has 1 aliphatic rings. The van der Waals surface area contributed by atoms with Gasteiger partial charge < -0.3 is 0 Å². The van der Waals surface area contributed by atoms with E-state index in [1.165, 1.54) is 57.1 Å². The summed E-state index contributed by atoms with van der Waals surface area (Å²) in [6.45, 7) is 2.28. The highest BCUT2D eigenvalue weighted by Crippen LogP contribution is 2.36. The van der Waals surface area contributed by atoms with Gasteiger partial charge in [0.1, 0.15) is 0 Å². The van der Waals surface area contributed by atoms with Gasteiger partial charge in [0.05, 0.1) is 5.69 Å². The fraction of sp³-hybridized carbons (Fsp3) is 0.733. The highest BCUT2D eigenvalue weighted by molar-refractivity contribution is 5.07. The topological polar surface area (TPSA) is 25.8 Å². The van der Waals surface area contributed by atoms with Crippen LogP contribution in [-0.4, -0.2) is 10.2 Å². The van der Waals surface area contributed by atoms with Gasteiger partial charge in [0.25, 0.3) is 0 Å². The minimum Gasteiger partial charge on any atom is -0.159 e. The summed E-state index contributed by atoms with van der Waals surface area (Å²) in [4.78, 5) is 0. The summed E-state index contributed by atoms with van der Waals surface area (Å²) in [7, 11) is 0. The Hall–Kier alpha value is -0.920. The predicted molar refractivity (Wildman–Crippen MR) is 70.9 cm³/mol. The standard InChI is InChI=1S/C15H24N2/c1-2-3-4-6-13-8-10-14(11-9-13)15-7-5-12-16-17-15/h5,7,12-14H,2-4,6,8-11H2,1H3. The highest BCUT2D eigenvalue weighted by Gasteiger charge is 2.22. The molecule has 1 aliphatic carbocycles. The average Bonchev–Trinajstić information content (AvgIpc) is 2.41. The number of nitrogens with zero attached hydrogens (tertiary/aromatic N) is 2. The van der Waals surface area contributed by atoms with Gasteiger partial charge in [-0.15, -0.1) is 0 Å². The lowest BCUT2D eigenvalue weighted by molar-refractivity contribution is 0.299. The lowest BCUT2D eigenvalue weighted by Gasteiger charge is -2.27. The first-order valence-corrected chi connectivity index (χ1v) is 7.17. The van der Waals surface area contributed by atoms with Gasteiger partial charge in [0.2, 0.25) is 0 Å². The molecule has 94 valence electrons. The lowest BCUT2D eigenvalue weighted by atomic mass is 9.78. The molecule has 17 heavy (non-hydrogen) atoms. The maximum atomic E-state index is 4.25. The van der Waals surface area contributed by atoms with E-state index in [-0.39, 0.29) is 0 Å². The van der Waals surface area contributed by atoms with Crippen molar-refractivity contribution < 1.29 is 0 Å². The zero-order valence-corrected chi connectivity index (χ0v) is 10.9. The van der Waals surface area contributed by atoms with Crippen LogP contribution in [0.25, 0.3) is 0 Å². The maximum Gasteiger partial charge on any atom is 0.0661 e. The molecule has 0 spiro atoms. The molecule has 1 aromatic rings. The van der Waals surface area contributed by atoms with Crippen molar-refractivity contribution in [2.45, 2.75) is 64.2 Å². The molecule has 0 amide bonds. The van der Waals surface area contributed by atoms with Crippen molar-refractivity contribution in [2.75, 3.05) is 0 Å². The molecule has 1 fully saturated rings. The fourth-order valence-electron chi connectivity index (χ4n) is 2.96. The van der Waals surface area contributed by atoms with E-state index in [1.54, 1.807) is 6.20 Å². The molecule has 2 nitrogen and oxygen atoms in total. The normalized spacial score (nSPS) is 24.8. The van der Waals surface area contributed by atoms with Gasteiger partial charge in [-0.25, -0.2) is 0 Å². The molecule has 1 aromatic heterocycles. The van der Waals surface area contributed by atoms with Crippen LogP contribution in [0.4, 0.5) is 0 Å². The smallest absolute Gasteiger partial charge is 0.0661 e. The summed E-state index contributed by atoms with van der Waals surface area (Å²) in [6, 6.07) is 4.14. The van der Waals surface area contributed by atoms with Crippen molar-refractivity contribution >= 4 is 0 Å². The summed E-state index contributed by atoms with van der Waals surface area (Å²) in [5, 5.41) is 8.24. The number of rotatable bonds is 5. The van der Waals surface area contributed by atoms with Gasteiger partial charge in [0, 0.05) is 12.1 Å². The lowest BCUT2D eigenvalue weighted by Crippen LogP contribution is -2.14. The molecular formula is C15H24N2. The van der Waals surface area contributed by atoms with E-state index in [1.807, 2.05) is 6.07 Å². The molecule has 0 saturated heterocycles. The Balaban J connectivity index is 1.74. The summed E-state index contributed by atoms with van der Waals surface area (Å²) in [6.07, 6.45) is 12.8. The number of unbranched alkanes of at least 4 members (excludes halogenated alkanes) is 2. The van der Waals surface area contributed by atoms with Crippen LogP contribution in [0.2, 0.25) is 0 Å². The summed E-state index contributed by atoms with van der Waals surface area (Å²) < 4.78 is 0. The first-order valence-electron chi connectivity index (χ1n) is 7.17. The molecule has 0 aliphatic heterocycles. The molecule has 1 heterocycles. The zero-order chi connectivity index (χ0) is 11.9. The second-order valence-corrected chi connectivity index (χ2v) is 5.36. The van der Waals surface area contributed by atoms with Gasteiger partial charge in [-0.3, -0.25) is 0 Å². The Morgan fingerprint density at radius 3 is 2.65 bits per heavy atom. The Bertz CT molecular complexity index is 302. The monoisotopic (exact) mass is 232 g/mol. The van der Waals surface area contributed by atoms with Crippen LogP contribution in [0.1, 0.15) is 69.9 Å². The summed E-state index contributed by atoms with van der Waals surface area (Å²) >= 11 is 0. The minimum atomic E-state index is 0.672.